The second-order valence-corrected chi connectivity index (χ2v) is 6.70. The lowest BCUT2D eigenvalue weighted by atomic mass is 10.1. The Hall–Kier alpha value is -3.04. The van der Waals surface area contributed by atoms with Gasteiger partial charge in [0.1, 0.15) is 5.82 Å². The van der Waals surface area contributed by atoms with E-state index in [9.17, 15) is 4.79 Å². The lowest BCUT2D eigenvalue weighted by Crippen LogP contribution is -2.27. The highest BCUT2D eigenvalue weighted by atomic mass is 16.7. The summed E-state index contributed by atoms with van der Waals surface area (Å²) in [6.45, 7) is 7.87. The highest BCUT2D eigenvalue weighted by molar-refractivity contribution is 5.94. The molecule has 0 spiro atoms. The van der Waals surface area contributed by atoms with Gasteiger partial charge in [-0.3, -0.25) is 4.79 Å². The van der Waals surface area contributed by atoms with E-state index < -0.39 is 0 Å². The van der Waals surface area contributed by atoms with Crippen LogP contribution in [0.4, 0.5) is 5.82 Å². The van der Waals surface area contributed by atoms with Gasteiger partial charge >= 0.3 is 0 Å². The molecule has 30 heavy (non-hydrogen) atoms. The van der Waals surface area contributed by atoms with Crippen molar-refractivity contribution in [2.75, 3.05) is 31.6 Å². The van der Waals surface area contributed by atoms with Crippen LogP contribution in [-0.2, 0) is 15.9 Å². The maximum absolute atomic E-state index is 12.3. The predicted octanol–water partition coefficient (Wildman–Crippen LogP) is 2.22. The summed E-state index contributed by atoms with van der Waals surface area (Å²) in [5.41, 5.74) is 2.34. The van der Waals surface area contributed by atoms with Crippen LogP contribution in [0.15, 0.2) is 36.4 Å². The average Bonchev–Trinajstić information content (AvgIpc) is 3.14. The van der Waals surface area contributed by atoms with E-state index in [2.05, 4.69) is 25.9 Å². The minimum atomic E-state index is -0.338. The quantitative estimate of drug-likeness (QED) is 0.466. The van der Waals surface area contributed by atoms with Crippen LogP contribution in [0.1, 0.15) is 35.6 Å². The molecule has 0 unspecified atom stereocenters. The summed E-state index contributed by atoms with van der Waals surface area (Å²) in [5.74, 6) is 1.22. The molecule has 0 saturated carbocycles. The zero-order valence-corrected chi connectivity index (χ0v) is 17.6. The van der Waals surface area contributed by atoms with Gasteiger partial charge in [-0.2, -0.15) is 4.52 Å². The number of ether oxygens (including phenoxy) is 2. The van der Waals surface area contributed by atoms with Gasteiger partial charge in [0.05, 0.1) is 6.54 Å². The van der Waals surface area contributed by atoms with E-state index in [1.54, 1.807) is 10.6 Å². The molecule has 0 bridgehead atoms. The van der Waals surface area contributed by atoms with Crippen LogP contribution in [0, 0.1) is 6.92 Å². The Morgan fingerprint density at radius 3 is 2.67 bits per heavy atom. The number of rotatable bonds is 11. The van der Waals surface area contributed by atoms with Crippen LogP contribution < -0.4 is 10.6 Å². The number of hydrogen-bond donors (Lipinski definition) is 2. The highest BCUT2D eigenvalue weighted by Crippen LogP contribution is 2.09. The van der Waals surface area contributed by atoms with Crippen LogP contribution in [0.2, 0.25) is 0 Å². The molecule has 2 N–H and O–H groups in total. The van der Waals surface area contributed by atoms with E-state index in [-0.39, 0.29) is 12.2 Å². The first-order chi connectivity index (χ1) is 14.6. The first-order valence-corrected chi connectivity index (χ1v) is 10.1. The molecule has 0 atom stereocenters. The smallest absolute Gasteiger partial charge is 0.251 e. The van der Waals surface area contributed by atoms with Gasteiger partial charge in [-0.15, -0.1) is 15.3 Å². The number of aromatic nitrogens is 4. The fourth-order valence-electron chi connectivity index (χ4n) is 2.99. The number of amides is 1. The zero-order chi connectivity index (χ0) is 21.3. The maximum Gasteiger partial charge on any atom is 0.251 e. The van der Waals surface area contributed by atoms with Crippen molar-refractivity contribution in [3.8, 4) is 0 Å². The van der Waals surface area contributed by atoms with Crippen LogP contribution in [0.3, 0.4) is 0 Å². The largest absolute Gasteiger partial charge is 0.364 e. The van der Waals surface area contributed by atoms with Gasteiger partial charge in [0, 0.05) is 31.7 Å². The molecule has 9 heteroatoms. The number of carbonyl (C=O) groups is 1. The second-order valence-electron chi connectivity index (χ2n) is 6.70. The van der Waals surface area contributed by atoms with Crippen LogP contribution >= 0.6 is 0 Å². The van der Waals surface area contributed by atoms with Gasteiger partial charge in [-0.25, -0.2) is 0 Å². The Morgan fingerprint density at radius 1 is 1.13 bits per heavy atom. The summed E-state index contributed by atoms with van der Waals surface area (Å²) >= 11 is 0. The van der Waals surface area contributed by atoms with Crippen molar-refractivity contribution in [1.29, 1.82) is 0 Å². The summed E-state index contributed by atoms with van der Waals surface area (Å²) in [6, 6.07) is 11.2. The van der Waals surface area contributed by atoms with Crippen molar-refractivity contribution in [3.63, 3.8) is 0 Å². The van der Waals surface area contributed by atoms with Crippen LogP contribution in [-0.4, -0.2) is 58.3 Å². The molecule has 2 heterocycles. The first kappa shape index (κ1) is 21.7. The molecule has 0 radical (unpaired) electrons. The fraction of sp³-hybridized carbons (Fsp3) is 0.429. The Kier molecular flexibility index (Phi) is 7.69. The molecule has 0 saturated heterocycles. The number of nitrogens with zero attached hydrogens (tertiary/aromatic N) is 4. The lowest BCUT2D eigenvalue weighted by molar-refractivity contribution is -0.126. The number of carbonyl (C=O) groups excluding carboxylic acids is 1. The highest BCUT2D eigenvalue weighted by Gasteiger charge is 2.11. The number of anilines is 1. The Bertz CT molecular complexity index is 968. The summed E-state index contributed by atoms with van der Waals surface area (Å²) in [5, 5.41) is 19.0. The Labute approximate surface area is 175 Å². The van der Waals surface area contributed by atoms with Crippen molar-refractivity contribution in [3.05, 3.63) is 53.3 Å². The maximum atomic E-state index is 12.3. The SMILES string of the molecule is CCOC(CNc1ccc2nnc(CCNC(=O)c3cccc(C)c3)n2n1)OCC. The molecular weight excluding hydrogens is 384 g/mol. The first-order valence-electron chi connectivity index (χ1n) is 10.1. The van der Waals surface area contributed by atoms with Gasteiger partial charge in [0.15, 0.2) is 17.8 Å². The van der Waals surface area contributed by atoms with Gasteiger partial charge in [-0.05, 0) is 45.0 Å². The number of nitrogens with one attached hydrogen (secondary N) is 2. The lowest BCUT2D eigenvalue weighted by Gasteiger charge is -2.17. The summed E-state index contributed by atoms with van der Waals surface area (Å²) < 4.78 is 12.7. The summed E-state index contributed by atoms with van der Waals surface area (Å²) in [7, 11) is 0. The van der Waals surface area contributed by atoms with Gasteiger partial charge in [-0.1, -0.05) is 17.7 Å². The number of fused-ring (bicyclic) bond motifs is 1. The number of benzene rings is 1. The monoisotopic (exact) mass is 412 g/mol. The number of aryl methyl sites for hydroxylation is 1. The van der Waals surface area contributed by atoms with Gasteiger partial charge in [0.25, 0.3) is 5.91 Å². The van der Waals surface area contributed by atoms with Crippen LogP contribution in [0.5, 0.6) is 0 Å². The molecule has 9 nitrogen and oxygen atoms in total. The molecule has 2 aromatic heterocycles. The van der Waals surface area contributed by atoms with Gasteiger partial charge < -0.3 is 20.1 Å². The topological polar surface area (TPSA) is 103 Å². The zero-order valence-electron chi connectivity index (χ0n) is 17.6. The standard InChI is InChI=1S/C21H28N6O3/c1-4-29-20(30-5-2)14-23-17-9-10-18-24-25-19(27(18)26-17)11-12-22-21(28)16-8-6-7-15(3)13-16/h6-10,13,20H,4-5,11-12,14H2,1-3H3,(H,22,28)(H,23,26). The third-order valence-electron chi connectivity index (χ3n) is 4.40. The van der Waals surface area contributed by atoms with Crippen molar-refractivity contribution in [2.45, 2.75) is 33.5 Å². The molecule has 160 valence electrons. The van der Waals surface area contributed by atoms with Crippen molar-refractivity contribution < 1.29 is 14.3 Å². The third kappa shape index (κ3) is 5.74. The van der Waals surface area contributed by atoms with E-state index in [1.807, 2.05) is 51.1 Å². The van der Waals surface area contributed by atoms with E-state index in [0.29, 0.717) is 55.6 Å². The molecule has 0 fully saturated rings. The molecular formula is C21H28N6O3. The van der Waals surface area contributed by atoms with Crippen molar-refractivity contribution in [1.82, 2.24) is 25.1 Å². The van der Waals surface area contributed by atoms with E-state index in [4.69, 9.17) is 9.47 Å². The third-order valence-corrected chi connectivity index (χ3v) is 4.40. The van der Waals surface area contributed by atoms with E-state index >= 15 is 0 Å². The van der Waals surface area contributed by atoms with Gasteiger partial charge in [0.2, 0.25) is 0 Å². The molecule has 0 aliphatic rings. The minimum absolute atomic E-state index is 0.110. The van der Waals surface area contributed by atoms with Crippen LogP contribution in [0.25, 0.3) is 5.65 Å². The molecule has 0 aliphatic carbocycles. The summed E-state index contributed by atoms with van der Waals surface area (Å²) in [6.07, 6.45) is 0.171. The summed E-state index contributed by atoms with van der Waals surface area (Å²) in [4.78, 5) is 12.3. The average molecular weight is 412 g/mol. The Morgan fingerprint density at radius 2 is 1.93 bits per heavy atom. The molecule has 0 aliphatic heterocycles. The Balaban J connectivity index is 1.59. The molecule has 3 aromatic rings. The molecule has 3 rings (SSSR count). The normalized spacial score (nSPS) is 11.2. The molecule has 1 aromatic carbocycles. The minimum Gasteiger partial charge on any atom is -0.364 e. The van der Waals surface area contributed by atoms with Crippen molar-refractivity contribution >= 4 is 17.4 Å². The fourth-order valence-corrected chi connectivity index (χ4v) is 2.99. The number of hydrogen-bond acceptors (Lipinski definition) is 7. The van der Waals surface area contributed by atoms with Crippen molar-refractivity contribution in [2.24, 2.45) is 0 Å². The second kappa shape index (κ2) is 10.7. The molecule has 1 amide bonds. The van der Waals surface area contributed by atoms with E-state index in [1.165, 1.54) is 0 Å². The predicted molar refractivity (Wildman–Crippen MR) is 114 cm³/mol. The van der Waals surface area contributed by atoms with E-state index in [0.717, 1.165) is 5.56 Å².